The molecule has 20 heavy (non-hydrogen) atoms. The lowest BCUT2D eigenvalue weighted by molar-refractivity contribution is -0.144. The lowest BCUT2D eigenvalue weighted by atomic mass is 10.1. The summed E-state index contributed by atoms with van der Waals surface area (Å²) in [6.45, 7) is 4.93. The summed E-state index contributed by atoms with van der Waals surface area (Å²) >= 11 is 0. The van der Waals surface area contributed by atoms with E-state index >= 15 is 0 Å². The van der Waals surface area contributed by atoms with E-state index in [1.807, 2.05) is 35.9 Å². The van der Waals surface area contributed by atoms with Crippen LogP contribution in [-0.4, -0.2) is 24.3 Å². The Balaban J connectivity index is 2.51. The number of hydrogen-bond donors (Lipinski definition) is 1. The van der Waals surface area contributed by atoms with Crippen molar-refractivity contribution in [1.29, 1.82) is 0 Å². The molecule has 1 unspecified atom stereocenters. The van der Waals surface area contributed by atoms with Crippen molar-refractivity contribution in [2.75, 3.05) is 13.7 Å². The number of rotatable bonds is 5. The highest BCUT2D eigenvalue weighted by Gasteiger charge is 2.22. The van der Waals surface area contributed by atoms with Crippen LogP contribution in [0.2, 0.25) is 0 Å². The summed E-state index contributed by atoms with van der Waals surface area (Å²) in [5, 5.41) is 0.952. The third-order valence-corrected chi connectivity index (χ3v) is 3.34. The Morgan fingerprint density at radius 1 is 1.40 bits per heavy atom. The second-order valence-corrected chi connectivity index (χ2v) is 4.48. The van der Waals surface area contributed by atoms with E-state index in [0.717, 1.165) is 28.8 Å². The van der Waals surface area contributed by atoms with Gasteiger partial charge in [-0.3, -0.25) is 0 Å². The van der Waals surface area contributed by atoms with E-state index in [1.165, 1.54) is 0 Å². The molecule has 0 radical (unpaired) electrons. The van der Waals surface area contributed by atoms with Gasteiger partial charge in [0.05, 0.1) is 19.2 Å². The number of hydrogen-bond acceptors (Lipinski definition) is 4. The summed E-state index contributed by atoms with van der Waals surface area (Å²) in [6, 6.07) is 4.97. The van der Waals surface area contributed by atoms with Gasteiger partial charge in [-0.15, -0.1) is 0 Å². The fourth-order valence-corrected chi connectivity index (χ4v) is 2.30. The van der Waals surface area contributed by atoms with Gasteiger partial charge in [0.1, 0.15) is 11.8 Å². The number of aryl methyl sites for hydroxylation is 1. The van der Waals surface area contributed by atoms with Gasteiger partial charge in [0, 0.05) is 29.8 Å². The number of nitrogens with two attached hydrogens (primary N) is 1. The van der Waals surface area contributed by atoms with Crippen molar-refractivity contribution in [3.05, 3.63) is 30.0 Å². The molecule has 2 aromatic rings. The Morgan fingerprint density at radius 2 is 2.15 bits per heavy atom. The molecule has 1 atom stereocenters. The van der Waals surface area contributed by atoms with Gasteiger partial charge >= 0.3 is 5.97 Å². The Hall–Kier alpha value is -2.01. The molecule has 1 heterocycles. The molecule has 1 aromatic carbocycles. The third kappa shape index (κ3) is 2.49. The smallest absolute Gasteiger partial charge is 0.327 e. The van der Waals surface area contributed by atoms with E-state index in [0.29, 0.717) is 6.61 Å². The summed E-state index contributed by atoms with van der Waals surface area (Å²) in [6.07, 6.45) is 1.91. The number of fused-ring (bicyclic) bond motifs is 1. The van der Waals surface area contributed by atoms with Crippen molar-refractivity contribution in [2.45, 2.75) is 26.4 Å². The van der Waals surface area contributed by atoms with Crippen LogP contribution >= 0.6 is 0 Å². The van der Waals surface area contributed by atoms with Crippen molar-refractivity contribution >= 4 is 16.9 Å². The van der Waals surface area contributed by atoms with Crippen LogP contribution in [0.25, 0.3) is 10.9 Å². The Kier molecular flexibility index (Phi) is 4.29. The van der Waals surface area contributed by atoms with Crippen molar-refractivity contribution < 1.29 is 14.3 Å². The van der Waals surface area contributed by atoms with Crippen LogP contribution in [0.3, 0.4) is 0 Å². The number of esters is 1. The molecule has 5 heteroatoms. The first kappa shape index (κ1) is 14.4. The molecule has 0 spiro atoms. The topological polar surface area (TPSA) is 66.5 Å². The summed E-state index contributed by atoms with van der Waals surface area (Å²) in [7, 11) is 1.63. The number of methoxy groups -OCH3 is 1. The summed E-state index contributed by atoms with van der Waals surface area (Å²) in [4.78, 5) is 11.8. The Morgan fingerprint density at radius 3 is 2.75 bits per heavy atom. The maximum Gasteiger partial charge on any atom is 0.327 e. The van der Waals surface area contributed by atoms with Crippen LogP contribution in [0.15, 0.2) is 24.4 Å². The first-order valence-electron chi connectivity index (χ1n) is 6.71. The number of benzene rings is 1. The fourth-order valence-electron chi connectivity index (χ4n) is 2.30. The molecule has 0 bridgehead atoms. The second kappa shape index (κ2) is 5.96. The first-order valence-corrected chi connectivity index (χ1v) is 6.71. The zero-order valence-electron chi connectivity index (χ0n) is 12.1. The largest absolute Gasteiger partial charge is 0.497 e. The third-order valence-electron chi connectivity index (χ3n) is 3.34. The molecule has 5 nitrogen and oxygen atoms in total. The summed E-state index contributed by atoms with van der Waals surface area (Å²) in [5.41, 5.74) is 7.79. The normalized spacial score (nSPS) is 12.4. The summed E-state index contributed by atoms with van der Waals surface area (Å²) in [5.74, 6) is 0.375. The molecule has 1 aromatic heterocycles. The predicted molar refractivity (Wildman–Crippen MR) is 77.7 cm³/mol. The van der Waals surface area contributed by atoms with Gasteiger partial charge in [0.25, 0.3) is 0 Å². The summed E-state index contributed by atoms with van der Waals surface area (Å²) < 4.78 is 12.3. The zero-order valence-corrected chi connectivity index (χ0v) is 12.1. The van der Waals surface area contributed by atoms with E-state index < -0.39 is 12.0 Å². The highest BCUT2D eigenvalue weighted by atomic mass is 16.5. The zero-order chi connectivity index (χ0) is 14.7. The number of carbonyl (C=O) groups excluding carboxylic acids is 1. The van der Waals surface area contributed by atoms with Crippen LogP contribution in [0, 0.1) is 0 Å². The average molecular weight is 276 g/mol. The lowest BCUT2D eigenvalue weighted by Gasteiger charge is -2.09. The molecule has 2 N–H and O–H groups in total. The van der Waals surface area contributed by atoms with E-state index in [4.69, 9.17) is 15.2 Å². The SMILES string of the molecule is CCOC(=O)C(N)c1cn(CC)c2cc(OC)ccc12. The van der Waals surface area contributed by atoms with Crippen molar-refractivity contribution in [3.63, 3.8) is 0 Å². The predicted octanol–water partition coefficient (Wildman–Crippen LogP) is 2.23. The average Bonchev–Trinajstić information content (AvgIpc) is 2.84. The van der Waals surface area contributed by atoms with Crippen LogP contribution < -0.4 is 10.5 Å². The van der Waals surface area contributed by atoms with Crippen molar-refractivity contribution in [2.24, 2.45) is 5.73 Å². The molecular formula is C15H20N2O3. The quantitative estimate of drug-likeness (QED) is 0.850. The minimum Gasteiger partial charge on any atom is -0.497 e. The Labute approximate surface area is 118 Å². The van der Waals surface area contributed by atoms with Gasteiger partial charge < -0.3 is 19.8 Å². The maximum atomic E-state index is 11.8. The van der Waals surface area contributed by atoms with Gasteiger partial charge in [-0.25, -0.2) is 4.79 Å². The van der Waals surface area contributed by atoms with E-state index in [9.17, 15) is 4.79 Å². The second-order valence-electron chi connectivity index (χ2n) is 4.48. The van der Waals surface area contributed by atoms with Crippen LogP contribution in [0.5, 0.6) is 5.75 Å². The molecule has 0 fully saturated rings. The van der Waals surface area contributed by atoms with Gasteiger partial charge in [0.2, 0.25) is 0 Å². The van der Waals surface area contributed by atoms with Gasteiger partial charge in [-0.05, 0) is 26.0 Å². The molecular weight excluding hydrogens is 256 g/mol. The molecule has 0 amide bonds. The first-order chi connectivity index (χ1) is 9.62. The Bertz CT molecular complexity index is 619. The van der Waals surface area contributed by atoms with Crippen LogP contribution in [-0.2, 0) is 16.1 Å². The number of ether oxygens (including phenoxy) is 2. The maximum absolute atomic E-state index is 11.8. The minimum atomic E-state index is -0.765. The number of aromatic nitrogens is 1. The van der Waals surface area contributed by atoms with Crippen molar-refractivity contribution in [3.8, 4) is 5.75 Å². The standard InChI is InChI=1S/C15H20N2O3/c1-4-17-9-12(14(16)15(18)20-5-2)11-7-6-10(19-3)8-13(11)17/h6-9,14H,4-5,16H2,1-3H3. The van der Waals surface area contributed by atoms with Crippen LogP contribution in [0.1, 0.15) is 25.5 Å². The van der Waals surface area contributed by atoms with Gasteiger partial charge in [0.15, 0.2) is 0 Å². The lowest BCUT2D eigenvalue weighted by Crippen LogP contribution is -2.23. The van der Waals surface area contributed by atoms with Gasteiger partial charge in [-0.2, -0.15) is 0 Å². The van der Waals surface area contributed by atoms with Crippen LogP contribution in [0.4, 0.5) is 0 Å². The van der Waals surface area contributed by atoms with E-state index in [1.54, 1.807) is 14.0 Å². The minimum absolute atomic E-state index is 0.326. The fraction of sp³-hybridized carbons (Fsp3) is 0.400. The molecule has 0 aliphatic carbocycles. The van der Waals surface area contributed by atoms with Gasteiger partial charge in [-0.1, -0.05) is 0 Å². The van der Waals surface area contributed by atoms with Crippen molar-refractivity contribution in [1.82, 2.24) is 4.57 Å². The molecule has 0 aliphatic heterocycles. The number of carbonyl (C=O) groups is 1. The molecule has 0 aliphatic rings. The van der Waals surface area contributed by atoms with E-state index in [-0.39, 0.29) is 0 Å². The molecule has 2 rings (SSSR count). The molecule has 0 saturated heterocycles. The molecule has 0 saturated carbocycles. The monoisotopic (exact) mass is 276 g/mol. The highest BCUT2D eigenvalue weighted by Crippen LogP contribution is 2.29. The van der Waals surface area contributed by atoms with E-state index in [2.05, 4.69) is 0 Å². The molecule has 108 valence electrons. The highest BCUT2D eigenvalue weighted by molar-refractivity contribution is 5.90. The number of nitrogens with zero attached hydrogens (tertiary/aromatic N) is 1.